The van der Waals surface area contributed by atoms with Crippen LogP contribution in [0.2, 0.25) is 0 Å². The van der Waals surface area contributed by atoms with Crippen molar-refractivity contribution in [1.29, 1.82) is 0 Å². The van der Waals surface area contributed by atoms with Crippen LogP contribution in [0.5, 0.6) is 0 Å². The standard InChI is InChI=1S/C8H8N2O2S/c1-6(12)9-8-10-7(5-13-8)3-2-4-11/h2-5H,1H3,(H,9,10,12)/b3-2+. The highest BCUT2D eigenvalue weighted by Gasteiger charge is 1.99. The topological polar surface area (TPSA) is 59.1 Å². The molecule has 5 heteroatoms. The lowest BCUT2D eigenvalue weighted by molar-refractivity contribution is -0.114. The number of thiazole rings is 1. The minimum absolute atomic E-state index is 0.153. The number of nitrogens with zero attached hydrogens (tertiary/aromatic N) is 1. The predicted molar refractivity (Wildman–Crippen MR) is 51.5 cm³/mol. The van der Waals surface area contributed by atoms with Crippen LogP contribution in [-0.2, 0) is 9.59 Å². The van der Waals surface area contributed by atoms with Crippen molar-refractivity contribution in [1.82, 2.24) is 4.98 Å². The molecule has 0 spiro atoms. The van der Waals surface area contributed by atoms with Crippen molar-refractivity contribution in [2.45, 2.75) is 6.92 Å². The number of aromatic nitrogens is 1. The Balaban J connectivity index is 2.68. The Morgan fingerprint density at radius 2 is 2.46 bits per heavy atom. The van der Waals surface area contributed by atoms with Gasteiger partial charge in [-0.15, -0.1) is 11.3 Å². The van der Waals surface area contributed by atoms with E-state index < -0.39 is 0 Å². The summed E-state index contributed by atoms with van der Waals surface area (Å²) < 4.78 is 0. The van der Waals surface area contributed by atoms with Gasteiger partial charge in [-0.2, -0.15) is 0 Å². The first-order chi connectivity index (χ1) is 6.22. The van der Waals surface area contributed by atoms with Gasteiger partial charge in [-0.25, -0.2) is 4.98 Å². The number of allylic oxidation sites excluding steroid dienone is 1. The van der Waals surface area contributed by atoms with Crippen molar-refractivity contribution < 1.29 is 9.59 Å². The van der Waals surface area contributed by atoms with Crippen LogP contribution in [0.3, 0.4) is 0 Å². The number of anilines is 1. The zero-order chi connectivity index (χ0) is 9.68. The third kappa shape index (κ3) is 3.16. The molecule has 13 heavy (non-hydrogen) atoms. The van der Waals surface area contributed by atoms with Crippen LogP contribution >= 0.6 is 11.3 Å². The molecule has 0 fully saturated rings. The second-order valence-corrected chi connectivity index (χ2v) is 3.11. The molecule has 0 saturated heterocycles. The maximum Gasteiger partial charge on any atom is 0.223 e. The molecule has 1 aromatic rings. The molecule has 0 aliphatic rings. The van der Waals surface area contributed by atoms with Crippen LogP contribution in [0.25, 0.3) is 6.08 Å². The van der Waals surface area contributed by atoms with Crippen LogP contribution in [0.15, 0.2) is 11.5 Å². The number of amides is 1. The van der Waals surface area contributed by atoms with Crippen molar-refractivity contribution in [2.24, 2.45) is 0 Å². The number of carbonyl (C=O) groups is 2. The van der Waals surface area contributed by atoms with Gasteiger partial charge < -0.3 is 5.32 Å². The zero-order valence-electron chi connectivity index (χ0n) is 6.98. The van der Waals surface area contributed by atoms with E-state index >= 15 is 0 Å². The average molecular weight is 196 g/mol. The Morgan fingerprint density at radius 3 is 3.08 bits per heavy atom. The smallest absolute Gasteiger partial charge is 0.223 e. The second-order valence-electron chi connectivity index (χ2n) is 2.25. The lowest BCUT2D eigenvalue weighted by atomic mass is 10.4. The van der Waals surface area contributed by atoms with Crippen LogP contribution in [0, 0.1) is 0 Å². The summed E-state index contributed by atoms with van der Waals surface area (Å²) in [4.78, 5) is 24.6. The molecule has 0 bridgehead atoms. The normalized spacial score (nSPS) is 10.2. The fourth-order valence-corrected chi connectivity index (χ4v) is 1.43. The van der Waals surface area contributed by atoms with E-state index in [1.54, 1.807) is 11.5 Å². The highest BCUT2D eigenvalue weighted by Crippen LogP contribution is 2.15. The molecule has 0 saturated carbocycles. The molecule has 0 aliphatic carbocycles. The summed E-state index contributed by atoms with van der Waals surface area (Å²) in [6, 6.07) is 0. The number of nitrogens with one attached hydrogen (secondary N) is 1. The molecule has 4 nitrogen and oxygen atoms in total. The van der Waals surface area contributed by atoms with E-state index in [9.17, 15) is 9.59 Å². The molecule has 68 valence electrons. The van der Waals surface area contributed by atoms with Gasteiger partial charge in [0, 0.05) is 12.3 Å². The van der Waals surface area contributed by atoms with Gasteiger partial charge >= 0.3 is 0 Å². The Labute approximate surface area is 79.3 Å². The van der Waals surface area contributed by atoms with Gasteiger partial charge in [0.2, 0.25) is 5.91 Å². The highest BCUT2D eigenvalue weighted by atomic mass is 32.1. The first kappa shape index (κ1) is 9.60. The number of hydrogen-bond acceptors (Lipinski definition) is 4. The molecule has 1 heterocycles. The summed E-state index contributed by atoms with van der Waals surface area (Å²) in [5.74, 6) is -0.153. The molecule has 1 aromatic heterocycles. The average Bonchev–Trinajstić information content (AvgIpc) is 2.48. The van der Waals surface area contributed by atoms with Crippen molar-refractivity contribution in [3.8, 4) is 0 Å². The van der Waals surface area contributed by atoms with E-state index in [2.05, 4.69) is 10.3 Å². The lowest BCUT2D eigenvalue weighted by Crippen LogP contribution is -2.04. The van der Waals surface area contributed by atoms with E-state index in [0.717, 1.165) is 0 Å². The molecular formula is C8H8N2O2S. The van der Waals surface area contributed by atoms with Gasteiger partial charge in [0.05, 0.1) is 5.69 Å². The molecule has 0 radical (unpaired) electrons. The Morgan fingerprint density at radius 1 is 1.69 bits per heavy atom. The first-order valence-corrected chi connectivity index (χ1v) is 4.45. The monoisotopic (exact) mass is 196 g/mol. The van der Waals surface area contributed by atoms with Crippen LogP contribution in [0.4, 0.5) is 5.13 Å². The summed E-state index contributed by atoms with van der Waals surface area (Å²) in [6.07, 6.45) is 3.61. The maximum absolute atomic E-state index is 10.6. The Hall–Kier alpha value is -1.49. The largest absolute Gasteiger partial charge is 0.302 e. The van der Waals surface area contributed by atoms with E-state index in [4.69, 9.17) is 0 Å². The summed E-state index contributed by atoms with van der Waals surface area (Å²) in [5.41, 5.74) is 0.667. The van der Waals surface area contributed by atoms with Gasteiger partial charge in [-0.1, -0.05) is 0 Å². The number of carbonyl (C=O) groups excluding carboxylic acids is 2. The SMILES string of the molecule is CC(=O)Nc1nc(/C=C/C=O)cs1. The summed E-state index contributed by atoms with van der Waals surface area (Å²) in [7, 11) is 0. The van der Waals surface area contributed by atoms with Crippen LogP contribution < -0.4 is 5.32 Å². The minimum Gasteiger partial charge on any atom is -0.302 e. The summed E-state index contributed by atoms with van der Waals surface area (Å²) in [5, 5.41) is 4.84. The van der Waals surface area contributed by atoms with E-state index in [1.807, 2.05) is 0 Å². The van der Waals surface area contributed by atoms with E-state index in [0.29, 0.717) is 17.1 Å². The van der Waals surface area contributed by atoms with Crippen LogP contribution in [0.1, 0.15) is 12.6 Å². The summed E-state index contributed by atoms with van der Waals surface area (Å²) in [6.45, 7) is 1.42. The van der Waals surface area contributed by atoms with Gasteiger partial charge in [-0.3, -0.25) is 9.59 Å². The van der Waals surface area contributed by atoms with Gasteiger partial charge in [-0.05, 0) is 12.2 Å². The Kier molecular flexibility index (Phi) is 3.33. The molecule has 0 unspecified atom stereocenters. The van der Waals surface area contributed by atoms with Crippen molar-refractivity contribution >= 4 is 34.7 Å². The molecular weight excluding hydrogens is 188 g/mol. The van der Waals surface area contributed by atoms with Gasteiger partial charge in [0.25, 0.3) is 0 Å². The summed E-state index contributed by atoms with van der Waals surface area (Å²) >= 11 is 1.32. The zero-order valence-corrected chi connectivity index (χ0v) is 7.80. The minimum atomic E-state index is -0.153. The molecule has 0 atom stereocenters. The van der Waals surface area contributed by atoms with E-state index in [-0.39, 0.29) is 5.91 Å². The molecule has 0 aliphatic heterocycles. The van der Waals surface area contributed by atoms with E-state index in [1.165, 1.54) is 24.3 Å². The maximum atomic E-state index is 10.6. The van der Waals surface area contributed by atoms with Crippen molar-refractivity contribution in [2.75, 3.05) is 5.32 Å². The van der Waals surface area contributed by atoms with Gasteiger partial charge in [0.1, 0.15) is 6.29 Å². The molecule has 1 amide bonds. The quantitative estimate of drug-likeness (QED) is 0.585. The molecule has 0 aromatic carbocycles. The van der Waals surface area contributed by atoms with Crippen molar-refractivity contribution in [3.05, 3.63) is 17.2 Å². The molecule has 1 rings (SSSR count). The Bertz CT molecular complexity index is 344. The molecule has 1 N–H and O–H groups in total. The predicted octanol–water partition coefficient (Wildman–Crippen LogP) is 1.31. The van der Waals surface area contributed by atoms with Crippen molar-refractivity contribution in [3.63, 3.8) is 0 Å². The first-order valence-electron chi connectivity index (χ1n) is 3.57. The number of hydrogen-bond donors (Lipinski definition) is 1. The third-order valence-electron chi connectivity index (χ3n) is 1.15. The number of aldehydes is 1. The highest BCUT2D eigenvalue weighted by molar-refractivity contribution is 7.14. The number of rotatable bonds is 3. The van der Waals surface area contributed by atoms with Gasteiger partial charge in [0.15, 0.2) is 5.13 Å². The lowest BCUT2D eigenvalue weighted by Gasteiger charge is -1.91. The fraction of sp³-hybridized carbons (Fsp3) is 0.125. The third-order valence-corrected chi connectivity index (χ3v) is 1.93. The fourth-order valence-electron chi connectivity index (χ4n) is 0.709. The second kappa shape index (κ2) is 4.51. The van der Waals surface area contributed by atoms with Crippen LogP contribution in [-0.4, -0.2) is 17.2 Å².